The number of hydrogen-bond acceptors (Lipinski definition) is 4. The minimum absolute atomic E-state index is 0.00586. The quantitative estimate of drug-likeness (QED) is 0.891. The highest BCUT2D eigenvalue weighted by Gasteiger charge is 2.50. The Bertz CT molecular complexity index is 805. The minimum Gasteiger partial charge on any atom is -0.487 e. The van der Waals surface area contributed by atoms with E-state index < -0.39 is 0 Å². The topological polar surface area (TPSA) is 53.9 Å². The van der Waals surface area contributed by atoms with Crippen molar-refractivity contribution in [2.24, 2.45) is 16.9 Å². The van der Waals surface area contributed by atoms with Crippen molar-refractivity contribution >= 4 is 11.6 Å². The van der Waals surface area contributed by atoms with Crippen molar-refractivity contribution in [2.45, 2.75) is 56.6 Å². The SMILES string of the molecule is O=C1NN=C(c2ccc3c(c2)CC2(CCN(C4CCC4)CC2)O3)C2CC12. The van der Waals surface area contributed by atoms with E-state index in [-0.39, 0.29) is 17.4 Å². The maximum Gasteiger partial charge on any atom is 0.243 e. The number of fused-ring (bicyclic) bond motifs is 2. The van der Waals surface area contributed by atoms with Gasteiger partial charge < -0.3 is 9.64 Å². The number of piperidine rings is 1. The first-order chi connectivity index (χ1) is 12.7. The zero-order valence-electron chi connectivity index (χ0n) is 15.0. The first-order valence-corrected chi connectivity index (χ1v) is 10.1. The van der Waals surface area contributed by atoms with Crippen LogP contribution in [0.25, 0.3) is 0 Å². The Morgan fingerprint density at radius 2 is 2.04 bits per heavy atom. The van der Waals surface area contributed by atoms with Crippen LogP contribution in [0.15, 0.2) is 23.3 Å². The van der Waals surface area contributed by atoms with E-state index in [2.05, 4.69) is 33.6 Å². The summed E-state index contributed by atoms with van der Waals surface area (Å²) in [6, 6.07) is 7.34. The van der Waals surface area contributed by atoms with Gasteiger partial charge >= 0.3 is 0 Å². The summed E-state index contributed by atoms with van der Waals surface area (Å²) in [7, 11) is 0. The lowest BCUT2D eigenvalue weighted by Crippen LogP contribution is -2.52. The predicted octanol–water partition coefficient (Wildman–Crippen LogP) is 2.48. The number of ether oxygens (including phenoxy) is 1. The molecule has 3 heterocycles. The van der Waals surface area contributed by atoms with Gasteiger partial charge in [0.2, 0.25) is 5.91 Å². The van der Waals surface area contributed by atoms with Crippen molar-refractivity contribution in [3.63, 3.8) is 0 Å². The molecule has 0 aromatic heterocycles. The van der Waals surface area contributed by atoms with Crippen LogP contribution < -0.4 is 10.2 Å². The van der Waals surface area contributed by atoms with E-state index in [4.69, 9.17) is 4.74 Å². The fraction of sp³-hybridized carbons (Fsp3) is 0.619. The Balaban J connectivity index is 1.20. The summed E-state index contributed by atoms with van der Waals surface area (Å²) in [4.78, 5) is 14.3. The van der Waals surface area contributed by atoms with E-state index in [1.165, 1.54) is 37.9 Å². The number of carbonyl (C=O) groups is 1. The van der Waals surface area contributed by atoms with Gasteiger partial charge in [-0.05, 0) is 48.6 Å². The zero-order valence-corrected chi connectivity index (χ0v) is 15.0. The van der Waals surface area contributed by atoms with E-state index >= 15 is 0 Å². The second-order valence-electron chi connectivity index (χ2n) is 8.83. The fourth-order valence-electron chi connectivity index (χ4n) is 5.27. The van der Waals surface area contributed by atoms with Gasteiger partial charge in [0, 0.05) is 50.2 Å². The van der Waals surface area contributed by atoms with Crippen LogP contribution in [-0.2, 0) is 11.2 Å². The molecule has 1 spiro atoms. The molecule has 6 rings (SSSR count). The van der Waals surface area contributed by atoms with Gasteiger partial charge in [-0.15, -0.1) is 0 Å². The number of likely N-dealkylation sites (tertiary alicyclic amines) is 1. The second kappa shape index (κ2) is 5.32. The average Bonchev–Trinajstić information content (AvgIpc) is 3.32. The largest absolute Gasteiger partial charge is 0.487 e. The maximum absolute atomic E-state index is 11.7. The number of hydrazone groups is 1. The van der Waals surface area contributed by atoms with Crippen LogP contribution in [0.2, 0.25) is 0 Å². The standard InChI is InChI=1S/C21H25N3O2/c25-20-17-11-16(17)19(22-23-20)13-4-5-18-14(10-13)12-21(26-18)6-8-24(9-7-21)15-2-1-3-15/h4-5,10,15-17H,1-3,6-9,11-12H2,(H,23,25). The summed E-state index contributed by atoms with van der Waals surface area (Å²) in [6.45, 7) is 2.35. The van der Waals surface area contributed by atoms with Gasteiger partial charge in [-0.25, -0.2) is 5.43 Å². The maximum atomic E-state index is 11.7. The average molecular weight is 351 g/mol. The van der Waals surface area contributed by atoms with Crippen molar-refractivity contribution in [3.05, 3.63) is 29.3 Å². The van der Waals surface area contributed by atoms with Gasteiger partial charge in [0.1, 0.15) is 11.4 Å². The van der Waals surface area contributed by atoms with Gasteiger partial charge in [0.25, 0.3) is 0 Å². The number of rotatable bonds is 2. The lowest BCUT2D eigenvalue weighted by atomic mass is 9.83. The predicted molar refractivity (Wildman–Crippen MR) is 98.2 cm³/mol. The smallest absolute Gasteiger partial charge is 0.243 e. The molecule has 2 atom stereocenters. The molecule has 0 radical (unpaired) electrons. The van der Waals surface area contributed by atoms with Crippen molar-refractivity contribution in [3.8, 4) is 5.75 Å². The Hall–Kier alpha value is -1.88. The van der Waals surface area contributed by atoms with Gasteiger partial charge in [0.15, 0.2) is 0 Å². The molecule has 1 amide bonds. The molecule has 2 aliphatic carbocycles. The van der Waals surface area contributed by atoms with Gasteiger partial charge in [-0.3, -0.25) is 4.79 Å². The molecule has 1 aromatic carbocycles. The molecule has 26 heavy (non-hydrogen) atoms. The number of hydrogen-bond donors (Lipinski definition) is 1. The summed E-state index contributed by atoms with van der Waals surface area (Å²) < 4.78 is 6.48. The molecule has 5 aliphatic rings. The Labute approximate surface area is 153 Å². The summed E-state index contributed by atoms with van der Waals surface area (Å²) >= 11 is 0. The summed E-state index contributed by atoms with van der Waals surface area (Å²) in [6.07, 6.45) is 8.41. The van der Waals surface area contributed by atoms with E-state index in [0.717, 1.165) is 48.7 Å². The van der Waals surface area contributed by atoms with Crippen LogP contribution in [-0.4, -0.2) is 41.3 Å². The van der Waals surface area contributed by atoms with Crippen molar-refractivity contribution in [2.75, 3.05) is 13.1 Å². The van der Waals surface area contributed by atoms with E-state index in [1.807, 2.05) is 0 Å². The highest BCUT2D eigenvalue weighted by molar-refractivity contribution is 6.09. The highest BCUT2D eigenvalue weighted by Crippen LogP contribution is 2.46. The molecule has 136 valence electrons. The third-order valence-corrected chi connectivity index (χ3v) is 7.26. The number of amides is 1. The minimum atomic E-state index is 0.00586. The molecule has 3 fully saturated rings. The third kappa shape index (κ3) is 2.26. The van der Waals surface area contributed by atoms with Crippen LogP contribution in [0.1, 0.15) is 49.7 Å². The van der Waals surface area contributed by atoms with Crippen molar-refractivity contribution in [1.29, 1.82) is 0 Å². The highest BCUT2D eigenvalue weighted by atomic mass is 16.5. The number of nitrogens with one attached hydrogen (secondary N) is 1. The molecular weight excluding hydrogens is 326 g/mol. The van der Waals surface area contributed by atoms with Gasteiger partial charge in [-0.1, -0.05) is 6.42 Å². The first-order valence-electron chi connectivity index (χ1n) is 10.1. The Kier molecular flexibility index (Phi) is 3.11. The van der Waals surface area contributed by atoms with Crippen LogP contribution in [0.5, 0.6) is 5.75 Å². The number of benzene rings is 1. The molecule has 1 N–H and O–H groups in total. The lowest BCUT2D eigenvalue weighted by molar-refractivity contribution is -0.122. The summed E-state index contributed by atoms with van der Waals surface area (Å²) in [5.74, 6) is 1.61. The molecule has 1 saturated heterocycles. The summed E-state index contributed by atoms with van der Waals surface area (Å²) in [5, 5.41) is 4.35. The second-order valence-corrected chi connectivity index (χ2v) is 8.83. The molecule has 1 aromatic rings. The van der Waals surface area contributed by atoms with Crippen LogP contribution in [0, 0.1) is 11.8 Å². The first kappa shape index (κ1) is 15.2. The number of carbonyl (C=O) groups excluding carboxylic acids is 1. The van der Waals surface area contributed by atoms with Crippen LogP contribution >= 0.6 is 0 Å². The zero-order chi connectivity index (χ0) is 17.3. The summed E-state index contributed by atoms with van der Waals surface area (Å²) in [5.41, 5.74) is 6.22. The molecule has 2 unspecified atom stereocenters. The molecule has 5 nitrogen and oxygen atoms in total. The molecule has 0 bridgehead atoms. The molecule has 3 aliphatic heterocycles. The third-order valence-electron chi connectivity index (χ3n) is 7.26. The fourth-order valence-corrected chi connectivity index (χ4v) is 5.27. The van der Waals surface area contributed by atoms with Gasteiger partial charge in [-0.2, -0.15) is 5.10 Å². The molecular formula is C21H25N3O2. The van der Waals surface area contributed by atoms with Gasteiger partial charge in [0.05, 0.1) is 5.71 Å². The van der Waals surface area contributed by atoms with Crippen molar-refractivity contribution < 1.29 is 9.53 Å². The Morgan fingerprint density at radius 3 is 2.81 bits per heavy atom. The van der Waals surface area contributed by atoms with E-state index in [0.29, 0.717) is 5.92 Å². The van der Waals surface area contributed by atoms with Crippen LogP contribution in [0.4, 0.5) is 0 Å². The molecule has 2 saturated carbocycles. The van der Waals surface area contributed by atoms with E-state index in [1.54, 1.807) is 0 Å². The molecule has 5 heteroatoms. The van der Waals surface area contributed by atoms with Crippen molar-refractivity contribution in [1.82, 2.24) is 10.3 Å². The lowest BCUT2D eigenvalue weighted by Gasteiger charge is -2.45. The monoisotopic (exact) mass is 351 g/mol. The van der Waals surface area contributed by atoms with E-state index in [9.17, 15) is 4.79 Å². The normalized spacial score (nSPS) is 32.2. The number of nitrogens with zero attached hydrogens (tertiary/aromatic N) is 2. The Morgan fingerprint density at radius 1 is 1.19 bits per heavy atom. The van der Waals surface area contributed by atoms with Crippen LogP contribution in [0.3, 0.4) is 0 Å².